The summed E-state index contributed by atoms with van der Waals surface area (Å²) in [5.41, 5.74) is 0.477. The molecule has 2 aromatic carbocycles. The second-order valence-electron chi connectivity index (χ2n) is 4.11. The molecule has 0 amide bonds. The van der Waals surface area contributed by atoms with Gasteiger partial charge in [0.2, 0.25) is 0 Å². The van der Waals surface area contributed by atoms with Crippen LogP contribution in [0.15, 0.2) is 59.5 Å². The maximum atomic E-state index is 12.6. The van der Waals surface area contributed by atoms with Crippen LogP contribution in [-0.2, 0) is 0 Å². The fraction of sp³-hybridized carbons (Fsp3) is 0. The van der Waals surface area contributed by atoms with Crippen molar-refractivity contribution in [1.29, 1.82) is 0 Å². The third-order valence-electron chi connectivity index (χ3n) is 2.40. The van der Waals surface area contributed by atoms with Crippen LogP contribution in [-0.4, -0.2) is 0 Å². The van der Waals surface area contributed by atoms with E-state index in [1.807, 2.05) is 0 Å². The Bertz CT molecular complexity index is 693. The molecule has 0 aliphatic rings. The summed E-state index contributed by atoms with van der Waals surface area (Å²) >= 11 is 0. The van der Waals surface area contributed by atoms with Crippen molar-refractivity contribution >= 4 is 10.2 Å². The van der Waals surface area contributed by atoms with Gasteiger partial charge < -0.3 is 0 Å². The van der Waals surface area contributed by atoms with Crippen molar-refractivity contribution in [3.8, 4) is 11.8 Å². The highest BCUT2D eigenvalue weighted by Crippen LogP contribution is 3.02. The van der Waals surface area contributed by atoms with Gasteiger partial charge in [0.15, 0.2) is 0 Å². The lowest BCUT2D eigenvalue weighted by atomic mass is 10.2. The third-order valence-corrected chi connectivity index (χ3v) is 3.55. The molecule has 20 heavy (non-hydrogen) atoms. The van der Waals surface area contributed by atoms with Gasteiger partial charge in [0.25, 0.3) is 0 Å². The molecule has 6 heteroatoms. The lowest BCUT2D eigenvalue weighted by Gasteiger charge is -2.40. The normalized spacial score (nSPS) is 14.7. The van der Waals surface area contributed by atoms with Crippen molar-refractivity contribution < 1.29 is 19.4 Å². The van der Waals surface area contributed by atoms with E-state index in [0.717, 1.165) is 6.07 Å². The van der Waals surface area contributed by atoms with Crippen molar-refractivity contribution in [3.05, 3.63) is 65.7 Å². The molecule has 2 aromatic rings. The molecule has 106 valence electrons. The monoisotopic (exact) mass is 304 g/mol. The Kier molecular flexibility index (Phi) is 2.88. The van der Waals surface area contributed by atoms with Crippen LogP contribution in [0.5, 0.6) is 0 Å². The zero-order valence-corrected chi connectivity index (χ0v) is 10.8. The Morgan fingerprint density at radius 1 is 0.650 bits per heavy atom. The maximum absolute atomic E-state index is 12.6. The zero-order valence-electron chi connectivity index (χ0n) is 9.99. The number of hydrogen-bond donors (Lipinski definition) is 0. The quantitative estimate of drug-likeness (QED) is 0.465. The highest BCUT2D eigenvalue weighted by molar-refractivity contribution is 8.45. The second kappa shape index (κ2) is 4.00. The maximum Gasteiger partial charge on any atom is 0.310 e. The number of benzene rings is 2. The van der Waals surface area contributed by atoms with Crippen molar-refractivity contribution in [2.24, 2.45) is 0 Å². The molecule has 0 fully saturated rings. The molecule has 0 radical (unpaired) electrons. The van der Waals surface area contributed by atoms with Crippen LogP contribution in [0.1, 0.15) is 11.1 Å². The van der Waals surface area contributed by atoms with Crippen molar-refractivity contribution in [1.82, 2.24) is 0 Å². The van der Waals surface area contributed by atoms with E-state index in [1.54, 1.807) is 30.3 Å². The largest absolute Gasteiger partial charge is 0.310 e. The Hall–Kier alpha value is -2.00. The van der Waals surface area contributed by atoms with E-state index in [0.29, 0.717) is 17.7 Å². The number of halogens is 5. The summed E-state index contributed by atoms with van der Waals surface area (Å²) in [4.78, 5) is -1.93. The topological polar surface area (TPSA) is 0 Å². The molecule has 0 N–H and O–H groups in total. The van der Waals surface area contributed by atoms with Crippen LogP contribution in [0.4, 0.5) is 19.4 Å². The highest BCUT2D eigenvalue weighted by Gasteiger charge is 2.65. The van der Waals surface area contributed by atoms with E-state index < -0.39 is 15.1 Å². The summed E-state index contributed by atoms with van der Waals surface area (Å²) in [5.74, 6) is 5.06. The molecule has 0 nitrogen and oxygen atoms in total. The van der Waals surface area contributed by atoms with E-state index >= 15 is 0 Å². The van der Waals surface area contributed by atoms with Crippen molar-refractivity contribution in [2.45, 2.75) is 4.90 Å². The molecular weight excluding hydrogens is 295 g/mol. The van der Waals surface area contributed by atoms with E-state index in [1.165, 1.54) is 6.07 Å². The van der Waals surface area contributed by atoms with Gasteiger partial charge in [-0.05, 0) is 30.3 Å². The van der Waals surface area contributed by atoms with E-state index in [-0.39, 0.29) is 5.56 Å². The van der Waals surface area contributed by atoms with Crippen LogP contribution in [0.3, 0.4) is 0 Å². The van der Waals surface area contributed by atoms with E-state index in [2.05, 4.69) is 11.8 Å². The Morgan fingerprint density at radius 2 is 1.20 bits per heavy atom. The van der Waals surface area contributed by atoms with Crippen LogP contribution in [0.2, 0.25) is 0 Å². The van der Waals surface area contributed by atoms with Crippen LogP contribution < -0.4 is 0 Å². The van der Waals surface area contributed by atoms with Gasteiger partial charge in [-0.2, -0.15) is 0 Å². The van der Waals surface area contributed by atoms with Crippen LogP contribution in [0.25, 0.3) is 0 Å². The molecule has 0 saturated heterocycles. The average Bonchev–Trinajstić information content (AvgIpc) is 2.35. The van der Waals surface area contributed by atoms with Gasteiger partial charge in [0.05, 0.1) is 0 Å². The summed E-state index contributed by atoms with van der Waals surface area (Å²) < 4.78 is 63.2. The predicted molar refractivity (Wildman–Crippen MR) is 70.3 cm³/mol. The van der Waals surface area contributed by atoms with Gasteiger partial charge in [-0.3, -0.25) is 0 Å². The third kappa shape index (κ3) is 3.75. The summed E-state index contributed by atoms with van der Waals surface area (Å²) in [7, 11) is -9.65. The summed E-state index contributed by atoms with van der Waals surface area (Å²) in [5, 5.41) is 0. The average molecular weight is 304 g/mol. The van der Waals surface area contributed by atoms with Gasteiger partial charge in [0.1, 0.15) is 4.90 Å². The molecule has 0 aliphatic carbocycles. The molecule has 0 atom stereocenters. The van der Waals surface area contributed by atoms with Crippen molar-refractivity contribution in [2.75, 3.05) is 0 Å². The molecule has 0 aromatic heterocycles. The minimum absolute atomic E-state index is 0.111. The van der Waals surface area contributed by atoms with E-state index in [9.17, 15) is 19.4 Å². The summed E-state index contributed by atoms with van der Waals surface area (Å²) in [6.07, 6.45) is 0. The van der Waals surface area contributed by atoms with Crippen LogP contribution >= 0.6 is 10.2 Å². The minimum atomic E-state index is -9.65. The first-order valence-corrected chi connectivity index (χ1v) is 7.41. The Labute approximate surface area is 113 Å². The molecule has 0 heterocycles. The predicted octanol–water partition coefficient (Wildman–Crippen LogP) is 5.74. The fourth-order valence-electron chi connectivity index (χ4n) is 1.48. The second-order valence-corrected chi connectivity index (χ2v) is 6.52. The Morgan fingerprint density at radius 3 is 1.80 bits per heavy atom. The minimum Gasteiger partial charge on any atom is -0.0936 e. The van der Waals surface area contributed by atoms with Gasteiger partial charge >= 0.3 is 10.2 Å². The van der Waals surface area contributed by atoms with Gasteiger partial charge in [-0.15, -0.1) is 0 Å². The first kappa shape index (κ1) is 14.4. The van der Waals surface area contributed by atoms with Gasteiger partial charge in [-0.25, -0.2) is 0 Å². The first-order valence-electron chi connectivity index (χ1n) is 5.46. The molecule has 0 spiro atoms. The zero-order chi connectivity index (χ0) is 14.9. The molecule has 0 saturated carbocycles. The number of rotatable bonds is 1. The van der Waals surface area contributed by atoms with E-state index in [4.69, 9.17) is 0 Å². The summed E-state index contributed by atoms with van der Waals surface area (Å²) in [6.45, 7) is 0. The molecule has 0 unspecified atom stereocenters. The van der Waals surface area contributed by atoms with Gasteiger partial charge in [-0.1, -0.05) is 55.5 Å². The standard InChI is InChI=1S/C14H9F5S/c15-20(16,17,18,19)14-8-4-7-13(11-14)10-9-12-5-2-1-3-6-12/h1-8,11H. The number of hydrogen-bond acceptors (Lipinski definition) is 0. The first-order chi connectivity index (χ1) is 9.04. The molecule has 0 bridgehead atoms. The molecule has 0 aliphatic heterocycles. The lowest BCUT2D eigenvalue weighted by molar-refractivity contribution is 0.364. The molecule has 2 rings (SSSR count). The smallest absolute Gasteiger partial charge is 0.0936 e. The van der Waals surface area contributed by atoms with Crippen molar-refractivity contribution in [3.63, 3.8) is 0 Å². The molecular formula is C14H9F5S. The van der Waals surface area contributed by atoms with Crippen LogP contribution in [0, 0.1) is 11.8 Å². The summed E-state index contributed by atoms with van der Waals surface area (Å²) in [6, 6.07) is 11.4. The fourth-order valence-corrected chi connectivity index (χ4v) is 2.17. The SMILES string of the molecule is FS(F)(F)(F)(F)c1cccc(C#Cc2ccccc2)c1. The Balaban J connectivity index is 2.41. The highest BCUT2D eigenvalue weighted by atomic mass is 32.5. The lowest BCUT2D eigenvalue weighted by Crippen LogP contribution is -2.05. The van der Waals surface area contributed by atoms with Gasteiger partial charge in [0, 0.05) is 11.1 Å².